The van der Waals surface area contributed by atoms with E-state index < -0.39 is 35.1 Å². The van der Waals surface area contributed by atoms with Crippen molar-refractivity contribution in [3.8, 4) is 0 Å². The van der Waals surface area contributed by atoms with E-state index in [-0.39, 0.29) is 16.7 Å². The fourth-order valence-corrected chi connectivity index (χ4v) is 2.37. The molecule has 0 aliphatic carbocycles. The first-order chi connectivity index (χ1) is 13.7. The number of nitrogens with zero attached hydrogens (tertiary/aromatic N) is 1. The molecule has 0 unspecified atom stereocenters. The van der Waals surface area contributed by atoms with Crippen LogP contribution in [-0.2, 0) is 14.3 Å². The molecule has 0 heterocycles. The van der Waals surface area contributed by atoms with Crippen molar-refractivity contribution in [2.75, 3.05) is 11.9 Å². The van der Waals surface area contributed by atoms with E-state index in [1.54, 1.807) is 13.8 Å². The van der Waals surface area contributed by atoms with Gasteiger partial charge in [-0.25, -0.2) is 9.59 Å². The third-order valence-electron chi connectivity index (χ3n) is 3.46. The Bertz CT molecular complexity index is 942. The molecule has 152 valence electrons. The largest absolute Gasteiger partial charge is 0.459 e. The Balaban J connectivity index is 1.94. The molecule has 0 saturated heterocycles. The first kappa shape index (κ1) is 21.8. The lowest BCUT2D eigenvalue weighted by Gasteiger charge is -2.09. The van der Waals surface area contributed by atoms with E-state index in [0.717, 1.165) is 12.1 Å². The normalized spacial score (nSPS) is 10.3. The molecule has 0 aliphatic heterocycles. The second-order valence-corrected chi connectivity index (χ2v) is 6.51. The van der Waals surface area contributed by atoms with Crippen LogP contribution in [0.3, 0.4) is 0 Å². The zero-order chi connectivity index (χ0) is 21.6. The number of esters is 2. The van der Waals surface area contributed by atoms with E-state index in [9.17, 15) is 24.5 Å². The van der Waals surface area contributed by atoms with Gasteiger partial charge in [0, 0.05) is 16.8 Å². The van der Waals surface area contributed by atoms with Crippen LogP contribution < -0.4 is 5.32 Å². The van der Waals surface area contributed by atoms with Crippen LogP contribution >= 0.6 is 11.6 Å². The lowest BCUT2D eigenvalue weighted by molar-refractivity contribution is -0.385. The number of ether oxygens (including phenoxy) is 2. The lowest BCUT2D eigenvalue weighted by atomic mass is 10.2. The maximum atomic E-state index is 12.0. The van der Waals surface area contributed by atoms with Gasteiger partial charge in [-0.2, -0.15) is 0 Å². The minimum atomic E-state index is -1.03. The lowest BCUT2D eigenvalue weighted by Crippen LogP contribution is -2.21. The molecule has 0 saturated carbocycles. The molecule has 2 aromatic rings. The quantitative estimate of drug-likeness (QED) is 0.412. The van der Waals surface area contributed by atoms with Gasteiger partial charge in [-0.15, -0.1) is 0 Å². The second kappa shape index (κ2) is 9.65. The number of carbonyl (C=O) groups is 3. The van der Waals surface area contributed by atoms with Crippen LogP contribution in [0.2, 0.25) is 5.02 Å². The molecule has 9 nitrogen and oxygen atoms in total. The molecule has 29 heavy (non-hydrogen) atoms. The summed E-state index contributed by atoms with van der Waals surface area (Å²) in [5.41, 5.74) is -0.158. The van der Waals surface area contributed by atoms with E-state index in [1.165, 1.54) is 30.3 Å². The summed E-state index contributed by atoms with van der Waals surface area (Å²) < 4.78 is 9.88. The molecule has 0 radical (unpaired) electrons. The van der Waals surface area contributed by atoms with Gasteiger partial charge < -0.3 is 14.8 Å². The van der Waals surface area contributed by atoms with Crippen LogP contribution in [0.15, 0.2) is 42.5 Å². The number of nitro benzene ring substituents is 1. The number of carbonyl (C=O) groups excluding carboxylic acids is 3. The van der Waals surface area contributed by atoms with Crippen molar-refractivity contribution in [3.05, 3.63) is 68.7 Å². The number of nitro groups is 1. The molecule has 10 heteroatoms. The molecule has 0 aliphatic rings. The molecule has 0 atom stereocenters. The molecule has 0 fully saturated rings. The fourth-order valence-electron chi connectivity index (χ4n) is 2.21. The highest BCUT2D eigenvalue weighted by atomic mass is 35.5. The van der Waals surface area contributed by atoms with Gasteiger partial charge in [-0.3, -0.25) is 14.9 Å². The van der Waals surface area contributed by atoms with Crippen LogP contribution in [-0.4, -0.2) is 35.5 Å². The standard InChI is InChI=1S/C19H17ClN2O7/c1-11(2)29-18(24)12-3-6-14(7-4-12)21-17(23)10-28-19(25)15-8-5-13(20)9-16(15)22(26)27/h3-9,11H,10H2,1-2H3,(H,21,23). The van der Waals surface area contributed by atoms with Crippen LogP contribution in [0.4, 0.5) is 11.4 Å². The van der Waals surface area contributed by atoms with E-state index in [0.29, 0.717) is 11.3 Å². The van der Waals surface area contributed by atoms with E-state index in [4.69, 9.17) is 21.1 Å². The summed E-state index contributed by atoms with van der Waals surface area (Å²) in [5, 5.41) is 13.6. The van der Waals surface area contributed by atoms with Crippen LogP contribution in [0.5, 0.6) is 0 Å². The maximum absolute atomic E-state index is 12.0. The molecule has 0 aromatic heterocycles. The van der Waals surface area contributed by atoms with Crippen molar-refractivity contribution in [2.45, 2.75) is 20.0 Å². The SMILES string of the molecule is CC(C)OC(=O)c1ccc(NC(=O)COC(=O)c2ccc(Cl)cc2[N+](=O)[O-])cc1. The van der Waals surface area contributed by atoms with Gasteiger partial charge in [0.15, 0.2) is 6.61 Å². The monoisotopic (exact) mass is 420 g/mol. The van der Waals surface area contributed by atoms with Crippen molar-refractivity contribution in [1.29, 1.82) is 0 Å². The predicted octanol–water partition coefficient (Wildman–Crippen LogP) is 3.61. The third kappa shape index (κ3) is 6.28. The van der Waals surface area contributed by atoms with Crippen molar-refractivity contribution in [1.82, 2.24) is 0 Å². The minimum absolute atomic E-state index is 0.0896. The number of halogens is 1. The molecule has 0 spiro atoms. The summed E-state index contributed by atoms with van der Waals surface area (Å²) in [6, 6.07) is 9.39. The van der Waals surface area contributed by atoms with Gasteiger partial charge in [0.1, 0.15) is 5.56 Å². The van der Waals surface area contributed by atoms with Gasteiger partial charge in [0.05, 0.1) is 16.6 Å². The topological polar surface area (TPSA) is 125 Å². The van der Waals surface area contributed by atoms with Crippen LogP contribution in [0.1, 0.15) is 34.6 Å². The first-order valence-corrected chi connectivity index (χ1v) is 8.77. The Morgan fingerprint density at radius 3 is 2.34 bits per heavy atom. The number of nitrogens with one attached hydrogen (secondary N) is 1. The zero-order valence-electron chi connectivity index (χ0n) is 15.5. The highest BCUT2D eigenvalue weighted by Crippen LogP contribution is 2.23. The summed E-state index contributed by atoms with van der Waals surface area (Å²) >= 11 is 5.69. The summed E-state index contributed by atoms with van der Waals surface area (Å²) in [6.45, 7) is 2.80. The molecule has 0 bridgehead atoms. The summed E-state index contributed by atoms with van der Waals surface area (Å²) in [7, 11) is 0. The summed E-state index contributed by atoms with van der Waals surface area (Å²) in [5.74, 6) is -2.18. The Labute approximate surface area is 170 Å². The predicted molar refractivity (Wildman–Crippen MR) is 104 cm³/mol. The molecule has 2 aromatic carbocycles. The smallest absolute Gasteiger partial charge is 0.345 e. The van der Waals surface area contributed by atoms with Gasteiger partial charge >= 0.3 is 11.9 Å². The van der Waals surface area contributed by atoms with Gasteiger partial charge in [0.25, 0.3) is 11.6 Å². The van der Waals surface area contributed by atoms with Gasteiger partial charge in [-0.05, 0) is 50.2 Å². The highest BCUT2D eigenvalue weighted by molar-refractivity contribution is 6.31. The Morgan fingerprint density at radius 1 is 1.10 bits per heavy atom. The molecular formula is C19H17ClN2O7. The number of benzene rings is 2. The van der Waals surface area contributed by atoms with E-state index in [2.05, 4.69) is 5.32 Å². The molecule has 2 rings (SSSR count). The Morgan fingerprint density at radius 2 is 1.76 bits per heavy atom. The number of amides is 1. The molecule has 1 N–H and O–H groups in total. The van der Waals surface area contributed by atoms with E-state index in [1.807, 2.05) is 0 Å². The zero-order valence-corrected chi connectivity index (χ0v) is 16.3. The third-order valence-corrected chi connectivity index (χ3v) is 3.69. The molecule has 1 amide bonds. The Kier molecular flexibility index (Phi) is 7.27. The van der Waals surface area contributed by atoms with Crippen LogP contribution in [0, 0.1) is 10.1 Å². The summed E-state index contributed by atoms with van der Waals surface area (Å²) in [4.78, 5) is 46.0. The average molecular weight is 421 g/mol. The van der Waals surface area contributed by atoms with Crippen molar-refractivity contribution in [2.24, 2.45) is 0 Å². The molecular weight excluding hydrogens is 404 g/mol. The van der Waals surface area contributed by atoms with Crippen molar-refractivity contribution >= 4 is 40.8 Å². The first-order valence-electron chi connectivity index (χ1n) is 8.39. The average Bonchev–Trinajstić information content (AvgIpc) is 2.66. The number of anilines is 1. The van der Waals surface area contributed by atoms with Crippen molar-refractivity contribution < 1.29 is 28.8 Å². The van der Waals surface area contributed by atoms with E-state index >= 15 is 0 Å². The summed E-state index contributed by atoms with van der Waals surface area (Å²) in [6.07, 6.45) is -0.256. The van der Waals surface area contributed by atoms with Gasteiger partial charge in [0.2, 0.25) is 0 Å². The fraction of sp³-hybridized carbons (Fsp3) is 0.211. The van der Waals surface area contributed by atoms with Gasteiger partial charge in [-0.1, -0.05) is 11.6 Å². The van der Waals surface area contributed by atoms with Crippen LogP contribution in [0.25, 0.3) is 0 Å². The maximum Gasteiger partial charge on any atom is 0.345 e. The minimum Gasteiger partial charge on any atom is -0.459 e. The second-order valence-electron chi connectivity index (χ2n) is 6.07. The highest BCUT2D eigenvalue weighted by Gasteiger charge is 2.22. The number of rotatable bonds is 7. The number of hydrogen-bond acceptors (Lipinski definition) is 7. The Hall–Kier alpha value is -3.46. The van der Waals surface area contributed by atoms with Crippen molar-refractivity contribution in [3.63, 3.8) is 0 Å². The number of hydrogen-bond donors (Lipinski definition) is 1.